The van der Waals surface area contributed by atoms with Crippen LogP contribution in [0, 0.1) is 0 Å². The lowest BCUT2D eigenvalue weighted by Gasteiger charge is -2.31. The van der Waals surface area contributed by atoms with E-state index in [2.05, 4.69) is 10.2 Å². The van der Waals surface area contributed by atoms with Crippen molar-refractivity contribution in [3.63, 3.8) is 0 Å². The lowest BCUT2D eigenvalue weighted by Crippen LogP contribution is -2.38. The number of hydrogen-bond donors (Lipinski definition) is 3. The summed E-state index contributed by atoms with van der Waals surface area (Å²) in [5.41, 5.74) is 1.72. The van der Waals surface area contributed by atoms with Crippen LogP contribution in [0.1, 0.15) is 24.1 Å². The first kappa shape index (κ1) is 14.1. The van der Waals surface area contributed by atoms with E-state index in [-0.39, 0.29) is 11.5 Å². The third-order valence-electron chi connectivity index (χ3n) is 3.52. The average Bonchev–Trinajstić information content (AvgIpc) is 2.51. The lowest BCUT2D eigenvalue weighted by molar-refractivity contribution is -0.0366. The van der Waals surface area contributed by atoms with E-state index in [0.717, 1.165) is 10.6 Å². The predicted octanol–water partition coefficient (Wildman–Crippen LogP) is 2.67. The Kier molecular flexibility index (Phi) is 3.52. The Bertz CT molecular complexity index is 756. The van der Waals surface area contributed by atoms with Gasteiger partial charge in [-0.2, -0.15) is 5.10 Å². The van der Waals surface area contributed by atoms with E-state index >= 15 is 0 Å². The number of benzene rings is 2. The second kappa shape index (κ2) is 5.50. The van der Waals surface area contributed by atoms with Gasteiger partial charge in [0.05, 0.1) is 0 Å². The maximum Gasteiger partial charge on any atom is 0.149 e. The average molecular weight is 297 g/mol. The third kappa shape index (κ3) is 2.40. The van der Waals surface area contributed by atoms with Crippen LogP contribution in [-0.2, 0) is 0 Å². The van der Waals surface area contributed by atoms with Crippen LogP contribution < -0.4 is 0 Å². The van der Waals surface area contributed by atoms with Crippen molar-refractivity contribution in [2.75, 3.05) is 0 Å². The highest BCUT2D eigenvalue weighted by Gasteiger charge is 2.32. The number of phenols is 2. The highest BCUT2D eigenvalue weighted by molar-refractivity contribution is 6.08. The molecule has 0 aliphatic carbocycles. The molecule has 0 amide bonds. The summed E-state index contributed by atoms with van der Waals surface area (Å²) in [4.78, 5) is 0. The first-order valence-electron chi connectivity index (χ1n) is 6.75. The smallest absolute Gasteiger partial charge is 0.149 e. The molecule has 6 nitrogen and oxygen atoms in total. The lowest BCUT2D eigenvalue weighted by atomic mass is 9.95. The molecule has 1 heterocycles. The van der Waals surface area contributed by atoms with Crippen LogP contribution in [0.3, 0.4) is 0 Å². The molecule has 2 aromatic carbocycles. The summed E-state index contributed by atoms with van der Waals surface area (Å²) in [6.07, 6.45) is 0. The summed E-state index contributed by atoms with van der Waals surface area (Å²) in [5.74, 6) is 0.143. The summed E-state index contributed by atoms with van der Waals surface area (Å²) < 4.78 is 0. The van der Waals surface area contributed by atoms with Crippen LogP contribution in [-0.4, -0.2) is 32.0 Å². The molecule has 1 atom stereocenters. The molecule has 1 aliphatic rings. The Morgan fingerprint density at radius 3 is 2.41 bits per heavy atom. The summed E-state index contributed by atoms with van der Waals surface area (Å²) in [6, 6.07) is 12.8. The van der Waals surface area contributed by atoms with Crippen molar-refractivity contribution in [2.45, 2.75) is 13.0 Å². The van der Waals surface area contributed by atoms with Crippen molar-refractivity contribution in [3.05, 3.63) is 59.7 Å². The molecule has 1 aliphatic heterocycles. The number of hydrogen-bond acceptors (Lipinski definition) is 6. The molecule has 0 saturated carbocycles. The first-order chi connectivity index (χ1) is 10.6. The number of amidine groups is 1. The topological polar surface area (TPSA) is 88.7 Å². The Hall–Kier alpha value is -2.86. The highest BCUT2D eigenvalue weighted by Crippen LogP contribution is 2.35. The summed E-state index contributed by atoms with van der Waals surface area (Å²) in [6.45, 7) is 1.62. The zero-order valence-electron chi connectivity index (χ0n) is 11.9. The zero-order valence-corrected chi connectivity index (χ0v) is 11.9. The van der Waals surface area contributed by atoms with E-state index in [1.165, 1.54) is 12.1 Å². The minimum absolute atomic E-state index is 0.0508. The molecule has 22 heavy (non-hydrogen) atoms. The van der Waals surface area contributed by atoms with E-state index < -0.39 is 6.04 Å². The maximum absolute atomic E-state index is 10.4. The van der Waals surface area contributed by atoms with Gasteiger partial charge in [-0.05, 0) is 19.1 Å². The van der Waals surface area contributed by atoms with Crippen molar-refractivity contribution in [1.82, 2.24) is 5.06 Å². The molecular weight excluding hydrogens is 282 g/mol. The van der Waals surface area contributed by atoms with Gasteiger partial charge in [0.2, 0.25) is 0 Å². The fourth-order valence-corrected chi connectivity index (χ4v) is 2.40. The molecule has 2 aromatic rings. The van der Waals surface area contributed by atoms with Crippen molar-refractivity contribution in [3.8, 4) is 11.5 Å². The number of aromatic hydroxyl groups is 2. The van der Waals surface area contributed by atoms with E-state index in [1.54, 1.807) is 13.0 Å². The van der Waals surface area contributed by atoms with Gasteiger partial charge < -0.3 is 10.2 Å². The molecule has 0 aromatic heterocycles. The predicted molar refractivity (Wildman–Crippen MR) is 82.2 cm³/mol. The largest absolute Gasteiger partial charge is 0.508 e. The summed E-state index contributed by atoms with van der Waals surface area (Å²) in [7, 11) is 0. The van der Waals surface area contributed by atoms with Crippen LogP contribution in [0.25, 0.3) is 0 Å². The molecule has 0 spiro atoms. The van der Waals surface area contributed by atoms with Gasteiger partial charge in [-0.3, -0.25) is 5.21 Å². The molecule has 0 unspecified atom stereocenters. The molecule has 0 fully saturated rings. The first-order valence-corrected chi connectivity index (χ1v) is 6.75. The maximum atomic E-state index is 10.4. The van der Waals surface area contributed by atoms with E-state index in [4.69, 9.17) is 0 Å². The van der Waals surface area contributed by atoms with Gasteiger partial charge in [-0.1, -0.05) is 30.3 Å². The van der Waals surface area contributed by atoms with Crippen LogP contribution in [0.15, 0.2) is 58.7 Å². The Morgan fingerprint density at radius 2 is 1.73 bits per heavy atom. The van der Waals surface area contributed by atoms with Gasteiger partial charge in [-0.25, -0.2) is 5.06 Å². The molecule has 0 radical (unpaired) electrons. The minimum atomic E-state index is -0.708. The number of rotatable bonds is 2. The van der Waals surface area contributed by atoms with Crippen LogP contribution in [0.4, 0.5) is 0 Å². The number of hydroxylamine groups is 2. The zero-order chi connectivity index (χ0) is 15.7. The van der Waals surface area contributed by atoms with Crippen LogP contribution >= 0.6 is 0 Å². The Labute approximate surface area is 127 Å². The quantitative estimate of drug-likeness (QED) is 0.795. The van der Waals surface area contributed by atoms with E-state index in [0.29, 0.717) is 17.1 Å². The second-order valence-electron chi connectivity index (χ2n) is 4.99. The van der Waals surface area contributed by atoms with Crippen molar-refractivity contribution >= 4 is 11.5 Å². The van der Waals surface area contributed by atoms with Crippen molar-refractivity contribution in [2.24, 2.45) is 10.2 Å². The second-order valence-corrected chi connectivity index (χ2v) is 4.99. The number of nitrogens with zero attached hydrogens (tertiary/aromatic N) is 3. The fraction of sp³-hybridized carbons (Fsp3) is 0.125. The van der Waals surface area contributed by atoms with Crippen LogP contribution in [0.2, 0.25) is 0 Å². The monoisotopic (exact) mass is 297 g/mol. The van der Waals surface area contributed by atoms with Crippen molar-refractivity contribution in [1.29, 1.82) is 0 Å². The molecule has 112 valence electrons. The van der Waals surface area contributed by atoms with Gasteiger partial charge in [-0.15, -0.1) is 5.10 Å². The SMILES string of the molecule is CC1=NN=C(c2ccccc2)[C@@H](c2ccc(O)cc2O)N1O. The van der Waals surface area contributed by atoms with Gasteiger partial charge in [0.15, 0.2) is 0 Å². The Balaban J connectivity index is 2.14. The number of phenolic OH excluding ortho intramolecular Hbond substituents is 2. The van der Waals surface area contributed by atoms with Gasteiger partial charge in [0.25, 0.3) is 0 Å². The summed E-state index contributed by atoms with van der Waals surface area (Å²) in [5, 5.41) is 39.0. The normalized spacial score (nSPS) is 17.9. The minimum Gasteiger partial charge on any atom is -0.508 e. The third-order valence-corrected chi connectivity index (χ3v) is 3.52. The van der Waals surface area contributed by atoms with E-state index in [9.17, 15) is 15.4 Å². The molecule has 3 N–H and O–H groups in total. The van der Waals surface area contributed by atoms with Gasteiger partial charge >= 0.3 is 0 Å². The van der Waals surface area contributed by atoms with Gasteiger partial charge in [0.1, 0.15) is 29.1 Å². The Morgan fingerprint density at radius 1 is 1.00 bits per heavy atom. The summed E-state index contributed by atoms with van der Waals surface area (Å²) >= 11 is 0. The molecule has 0 saturated heterocycles. The van der Waals surface area contributed by atoms with Crippen LogP contribution in [0.5, 0.6) is 11.5 Å². The standard InChI is InChI=1S/C16H15N3O3/c1-10-17-18-15(11-5-3-2-4-6-11)16(19(10)22)13-8-7-12(20)9-14(13)21/h2-9,16,20-22H,1H3/t16-/m1/s1. The van der Waals surface area contributed by atoms with Crippen molar-refractivity contribution < 1.29 is 15.4 Å². The molecular formula is C16H15N3O3. The fourth-order valence-electron chi connectivity index (χ4n) is 2.40. The van der Waals surface area contributed by atoms with Gasteiger partial charge in [0, 0.05) is 17.2 Å². The highest BCUT2D eigenvalue weighted by atomic mass is 16.5. The van der Waals surface area contributed by atoms with E-state index in [1.807, 2.05) is 30.3 Å². The molecule has 3 rings (SSSR count). The molecule has 6 heteroatoms. The molecule has 0 bridgehead atoms.